The molecule has 0 aliphatic carbocycles. The number of carbonyl (C=O) groups excluding carboxylic acids is 1. The van der Waals surface area contributed by atoms with Gasteiger partial charge in [0.15, 0.2) is 5.60 Å². The first-order valence-corrected chi connectivity index (χ1v) is 10.0. The van der Waals surface area contributed by atoms with Crippen molar-refractivity contribution in [2.24, 2.45) is 0 Å². The molecule has 0 unspecified atom stereocenters. The van der Waals surface area contributed by atoms with E-state index in [0.717, 1.165) is 27.8 Å². The first kappa shape index (κ1) is 17.0. The maximum atomic E-state index is 13.3. The zero-order valence-electron chi connectivity index (χ0n) is 16.2. The van der Waals surface area contributed by atoms with Crippen LogP contribution in [-0.4, -0.2) is 5.97 Å². The van der Waals surface area contributed by atoms with Crippen molar-refractivity contribution in [3.63, 3.8) is 0 Å². The first-order chi connectivity index (χ1) is 14.8. The van der Waals surface area contributed by atoms with Crippen LogP contribution in [-0.2, 0) is 16.8 Å². The fraction of sp³-hybridized carbons (Fsp3) is 0.0741. The normalized spacial score (nSPS) is 15.0. The smallest absolute Gasteiger partial charge is 0.340 e. The van der Waals surface area contributed by atoms with E-state index in [0.29, 0.717) is 23.5 Å². The van der Waals surface area contributed by atoms with E-state index >= 15 is 0 Å². The number of esters is 1. The summed E-state index contributed by atoms with van der Waals surface area (Å²) in [5, 5.41) is 0. The van der Waals surface area contributed by atoms with E-state index in [-0.39, 0.29) is 5.97 Å². The Balaban J connectivity index is 1.62. The lowest BCUT2D eigenvalue weighted by molar-refractivity contribution is 0.0224. The molecular formula is C27H18O3. The van der Waals surface area contributed by atoms with Gasteiger partial charge in [-0.1, -0.05) is 84.9 Å². The van der Waals surface area contributed by atoms with Gasteiger partial charge in [-0.25, -0.2) is 4.79 Å². The van der Waals surface area contributed by atoms with Crippen molar-refractivity contribution in [3.05, 3.63) is 130 Å². The third-order valence-electron chi connectivity index (χ3n) is 5.97. The topological polar surface area (TPSA) is 35.5 Å². The van der Waals surface area contributed by atoms with Crippen LogP contribution in [0.5, 0.6) is 11.5 Å². The van der Waals surface area contributed by atoms with E-state index < -0.39 is 5.60 Å². The predicted octanol–water partition coefficient (Wildman–Crippen LogP) is 5.85. The van der Waals surface area contributed by atoms with E-state index in [2.05, 4.69) is 12.1 Å². The van der Waals surface area contributed by atoms with Gasteiger partial charge in [0.25, 0.3) is 0 Å². The number of hydrogen-bond acceptors (Lipinski definition) is 3. The number of para-hydroxylation sites is 2. The van der Waals surface area contributed by atoms with Gasteiger partial charge in [-0.3, -0.25) is 0 Å². The summed E-state index contributed by atoms with van der Waals surface area (Å²) in [5.74, 6) is 1.14. The highest BCUT2D eigenvalue weighted by molar-refractivity contribution is 5.98. The van der Waals surface area contributed by atoms with Gasteiger partial charge in [-0.15, -0.1) is 0 Å². The highest BCUT2D eigenvalue weighted by Crippen LogP contribution is 2.56. The summed E-state index contributed by atoms with van der Waals surface area (Å²) in [6, 6.07) is 31.8. The minimum absolute atomic E-state index is 0.289. The van der Waals surface area contributed by atoms with Gasteiger partial charge in [0.2, 0.25) is 0 Å². The minimum Gasteiger partial charge on any atom is -0.456 e. The van der Waals surface area contributed by atoms with Gasteiger partial charge in [0, 0.05) is 16.7 Å². The second kappa shape index (κ2) is 6.33. The monoisotopic (exact) mass is 390 g/mol. The van der Waals surface area contributed by atoms with Crippen molar-refractivity contribution in [2.45, 2.75) is 12.0 Å². The summed E-state index contributed by atoms with van der Waals surface area (Å²) in [7, 11) is 0. The van der Waals surface area contributed by atoms with Crippen molar-refractivity contribution in [2.75, 3.05) is 0 Å². The molecule has 2 aliphatic rings. The van der Waals surface area contributed by atoms with E-state index in [1.54, 1.807) is 0 Å². The first-order valence-electron chi connectivity index (χ1n) is 10.0. The van der Waals surface area contributed by atoms with Crippen LogP contribution in [0.3, 0.4) is 0 Å². The van der Waals surface area contributed by atoms with Crippen LogP contribution in [0.2, 0.25) is 0 Å². The van der Waals surface area contributed by atoms with Crippen LogP contribution >= 0.6 is 0 Å². The van der Waals surface area contributed by atoms with Crippen molar-refractivity contribution in [1.82, 2.24) is 0 Å². The number of rotatable bonds is 2. The summed E-state index contributed by atoms with van der Waals surface area (Å²) in [6.07, 6.45) is 0.676. The Labute approximate surface area is 174 Å². The van der Waals surface area contributed by atoms with Crippen LogP contribution in [0.25, 0.3) is 0 Å². The summed E-state index contributed by atoms with van der Waals surface area (Å²) < 4.78 is 12.4. The average Bonchev–Trinajstić information content (AvgIpc) is 3.09. The number of carbonyl (C=O) groups is 1. The molecule has 30 heavy (non-hydrogen) atoms. The van der Waals surface area contributed by atoms with Gasteiger partial charge in [-0.2, -0.15) is 0 Å². The summed E-state index contributed by atoms with van der Waals surface area (Å²) in [5.41, 5.74) is 4.39. The molecular weight excluding hydrogens is 372 g/mol. The molecule has 0 bridgehead atoms. The molecule has 0 N–H and O–H groups in total. The zero-order valence-corrected chi connectivity index (χ0v) is 16.2. The number of hydrogen-bond donors (Lipinski definition) is 0. The van der Waals surface area contributed by atoms with Crippen LogP contribution in [0.15, 0.2) is 97.1 Å². The minimum atomic E-state index is -0.995. The number of ether oxygens (including phenoxy) is 2. The Morgan fingerprint density at radius 2 is 1.23 bits per heavy atom. The number of fused-ring (bicyclic) bond motifs is 6. The molecule has 0 amide bonds. The molecule has 3 nitrogen and oxygen atoms in total. The average molecular weight is 390 g/mol. The van der Waals surface area contributed by atoms with Crippen molar-refractivity contribution >= 4 is 5.97 Å². The largest absolute Gasteiger partial charge is 0.456 e. The van der Waals surface area contributed by atoms with E-state index in [1.165, 1.54) is 0 Å². The zero-order chi connectivity index (χ0) is 20.1. The molecule has 1 spiro atoms. The maximum Gasteiger partial charge on any atom is 0.340 e. The third-order valence-corrected chi connectivity index (χ3v) is 5.97. The standard InChI is InChI=1S/C27H18O3/c28-26-25-19(17-18-9-2-1-3-10-18)11-8-14-22(25)27(30-26)20-12-4-6-15-23(20)29-24-16-7-5-13-21(24)27/h1-16H,17H2. The van der Waals surface area contributed by atoms with Crippen LogP contribution in [0.1, 0.15) is 38.2 Å². The quantitative estimate of drug-likeness (QED) is 0.403. The Morgan fingerprint density at radius 3 is 1.93 bits per heavy atom. The fourth-order valence-electron chi connectivity index (χ4n) is 4.70. The lowest BCUT2D eigenvalue weighted by Crippen LogP contribution is -2.32. The summed E-state index contributed by atoms with van der Waals surface area (Å²) in [4.78, 5) is 13.3. The molecule has 0 fully saturated rings. The molecule has 0 atom stereocenters. The van der Waals surface area contributed by atoms with Gasteiger partial charge in [0.05, 0.1) is 5.56 Å². The van der Waals surface area contributed by atoms with Gasteiger partial charge in [-0.05, 0) is 29.7 Å². The van der Waals surface area contributed by atoms with Crippen molar-refractivity contribution < 1.29 is 14.3 Å². The highest BCUT2D eigenvalue weighted by atomic mass is 16.6. The molecule has 4 aromatic carbocycles. The van der Waals surface area contributed by atoms with E-state index in [1.807, 2.05) is 84.9 Å². The molecule has 2 aliphatic heterocycles. The molecule has 0 aromatic heterocycles. The molecule has 2 heterocycles. The van der Waals surface area contributed by atoms with Gasteiger partial charge in [0.1, 0.15) is 11.5 Å². The molecule has 4 aromatic rings. The van der Waals surface area contributed by atoms with E-state index in [9.17, 15) is 4.79 Å². The fourth-order valence-corrected chi connectivity index (χ4v) is 4.70. The molecule has 0 radical (unpaired) electrons. The Morgan fingerprint density at radius 1 is 0.633 bits per heavy atom. The second-order valence-corrected chi connectivity index (χ2v) is 7.67. The second-order valence-electron chi connectivity index (χ2n) is 7.67. The number of benzene rings is 4. The van der Waals surface area contributed by atoms with Crippen LogP contribution in [0, 0.1) is 0 Å². The van der Waals surface area contributed by atoms with E-state index in [4.69, 9.17) is 9.47 Å². The van der Waals surface area contributed by atoms with Crippen molar-refractivity contribution in [1.29, 1.82) is 0 Å². The lowest BCUT2D eigenvalue weighted by Gasteiger charge is -2.36. The molecule has 3 heteroatoms. The van der Waals surface area contributed by atoms with Crippen molar-refractivity contribution in [3.8, 4) is 11.5 Å². The molecule has 0 saturated heterocycles. The third kappa shape index (κ3) is 2.29. The molecule has 144 valence electrons. The van der Waals surface area contributed by atoms with Crippen LogP contribution < -0.4 is 4.74 Å². The highest BCUT2D eigenvalue weighted by Gasteiger charge is 2.53. The van der Waals surface area contributed by atoms with Gasteiger partial charge >= 0.3 is 5.97 Å². The SMILES string of the molecule is O=C1OC2(c3ccccc3Oc3ccccc32)c2cccc(Cc3ccccc3)c21. The Hall–Kier alpha value is -3.85. The van der Waals surface area contributed by atoms with Crippen LogP contribution in [0.4, 0.5) is 0 Å². The summed E-state index contributed by atoms with van der Waals surface area (Å²) >= 11 is 0. The Bertz CT molecular complexity index is 1250. The molecule has 6 rings (SSSR count). The Kier molecular flexibility index (Phi) is 3.59. The molecule has 0 saturated carbocycles. The maximum absolute atomic E-state index is 13.3. The lowest BCUT2D eigenvalue weighted by atomic mass is 9.77. The summed E-state index contributed by atoms with van der Waals surface area (Å²) in [6.45, 7) is 0. The van der Waals surface area contributed by atoms with Gasteiger partial charge < -0.3 is 9.47 Å². The predicted molar refractivity (Wildman–Crippen MR) is 114 cm³/mol.